The van der Waals surface area contributed by atoms with Crippen molar-refractivity contribution in [3.63, 3.8) is 0 Å². The van der Waals surface area contributed by atoms with Gasteiger partial charge in [-0.25, -0.2) is 12.7 Å². The lowest BCUT2D eigenvalue weighted by atomic mass is 9.84. The summed E-state index contributed by atoms with van der Waals surface area (Å²) in [5.41, 5.74) is -0.517. The van der Waals surface area contributed by atoms with Crippen LogP contribution in [0.5, 0.6) is 0 Å². The molecule has 1 aliphatic heterocycles. The molecule has 158 valence electrons. The van der Waals surface area contributed by atoms with E-state index in [1.807, 2.05) is 13.8 Å². The molecule has 1 aromatic rings. The number of benzene rings is 1. The molecule has 0 aromatic heterocycles. The number of aryl methyl sites for hydroxylation is 1. The summed E-state index contributed by atoms with van der Waals surface area (Å²) in [6.45, 7) is 7.07. The molecule has 3 saturated carbocycles. The number of sulfonamides is 1. The average molecular weight is 429 g/mol. The van der Waals surface area contributed by atoms with E-state index in [9.17, 15) is 27.9 Å². The molecule has 1 heterocycles. The van der Waals surface area contributed by atoms with Gasteiger partial charge in [0, 0.05) is 18.5 Å². The maximum absolute atomic E-state index is 13.4. The number of fused-ring (bicyclic) bond motifs is 1. The van der Waals surface area contributed by atoms with Crippen molar-refractivity contribution in [2.24, 2.45) is 22.7 Å². The Balaban J connectivity index is 1.73. The van der Waals surface area contributed by atoms with Crippen LogP contribution in [0.4, 0.5) is 0 Å². The number of Topliss-reactive ketones (excluding diaryl/α,β-unsaturated/α-hetero) is 2. The molecule has 0 bridgehead atoms. The van der Waals surface area contributed by atoms with Gasteiger partial charge in [-0.1, -0.05) is 13.8 Å². The molecule has 7 nitrogen and oxygen atoms in total. The summed E-state index contributed by atoms with van der Waals surface area (Å²) in [6, 6.07) is 1.45. The van der Waals surface area contributed by atoms with Crippen molar-refractivity contribution >= 4 is 33.3 Å². The molecule has 3 aliphatic carbocycles. The van der Waals surface area contributed by atoms with Crippen LogP contribution in [0.1, 0.15) is 53.7 Å². The van der Waals surface area contributed by atoms with Crippen molar-refractivity contribution in [3.8, 4) is 0 Å². The number of allylic oxidation sites excluding steroid dienone is 1. The van der Waals surface area contributed by atoms with Crippen molar-refractivity contribution in [2.45, 2.75) is 45.4 Å². The van der Waals surface area contributed by atoms with Gasteiger partial charge in [0.2, 0.25) is 0 Å². The zero-order chi connectivity index (χ0) is 22.1. The van der Waals surface area contributed by atoms with Gasteiger partial charge in [-0.2, -0.15) is 0 Å². The van der Waals surface area contributed by atoms with Crippen LogP contribution < -0.4 is 0 Å². The Morgan fingerprint density at radius 1 is 1.17 bits per heavy atom. The van der Waals surface area contributed by atoms with Crippen LogP contribution in [0, 0.1) is 36.5 Å². The number of carbonyl (C=O) groups excluding carboxylic acids is 3. The van der Waals surface area contributed by atoms with Crippen molar-refractivity contribution < 1.29 is 27.9 Å². The second kappa shape index (κ2) is 5.22. The lowest BCUT2D eigenvalue weighted by Crippen LogP contribution is -2.25. The van der Waals surface area contributed by atoms with E-state index in [0.717, 1.165) is 6.42 Å². The highest BCUT2D eigenvalue weighted by Gasteiger charge is 2.84. The number of carbonyl (C=O) groups is 3. The third-order valence-electron chi connectivity index (χ3n) is 8.20. The fourth-order valence-electron chi connectivity index (χ4n) is 6.68. The Hall–Kier alpha value is -2.48. The highest BCUT2D eigenvalue weighted by Crippen LogP contribution is 2.82. The van der Waals surface area contributed by atoms with Gasteiger partial charge in [0.25, 0.3) is 15.9 Å². The van der Waals surface area contributed by atoms with Gasteiger partial charge in [-0.3, -0.25) is 14.4 Å². The molecule has 8 heteroatoms. The van der Waals surface area contributed by atoms with E-state index in [2.05, 4.69) is 0 Å². The van der Waals surface area contributed by atoms with Crippen LogP contribution in [-0.2, 0) is 19.6 Å². The third kappa shape index (κ3) is 1.75. The summed E-state index contributed by atoms with van der Waals surface area (Å²) in [7, 11) is -2.76. The smallest absolute Gasteiger partial charge is 0.269 e. The van der Waals surface area contributed by atoms with Gasteiger partial charge < -0.3 is 5.11 Å². The molecular formula is C22H23NO6S. The molecule has 1 amide bonds. The van der Waals surface area contributed by atoms with Crippen LogP contribution in [0.3, 0.4) is 0 Å². The van der Waals surface area contributed by atoms with Crippen molar-refractivity contribution in [1.82, 2.24) is 4.31 Å². The fraction of sp³-hybridized carbons (Fsp3) is 0.500. The number of ketones is 2. The topological polar surface area (TPSA) is 109 Å². The lowest BCUT2D eigenvalue weighted by Gasteiger charge is -2.17. The van der Waals surface area contributed by atoms with Gasteiger partial charge in [0.05, 0.1) is 11.0 Å². The van der Waals surface area contributed by atoms with Crippen LogP contribution in [0.25, 0.3) is 5.76 Å². The zero-order valence-corrected chi connectivity index (χ0v) is 18.3. The fourth-order valence-corrected chi connectivity index (χ4v) is 8.23. The van der Waals surface area contributed by atoms with Gasteiger partial charge in [0.15, 0.2) is 11.6 Å². The summed E-state index contributed by atoms with van der Waals surface area (Å²) < 4.78 is 25.8. The van der Waals surface area contributed by atoms with Crippen molar-refractivity contribution in [3.05, 3.63) is 33.9 Å². The normalized spacial score (nSPS) is 34.2. The Morgan fingerprint density at radius 3 is 2.37 bits per heavy atom. The van der Waals surface area contributed by atoms with Crippen LogP contribution in [0.15, 0.2) is 16.5 Å². The maximum atomic E-state index is 13.4. The first-order chi connectivity index (χ1) is 13.8. The highest BCUT2D eigenvalue weighted by molar-refractivity contribution is 7.90. The van der Waals surface area contributed by atoms with E-state index in [1.165, 1.54) is 27.0 Å². The van der Waals surface area contributed by atoms with Gasteiger partial charge >= 0.3 is 0 Å². The first-order valence-corrected chi connectivity index (χ1v) is 11.5. The van der Waals surface area contributed by atoms with Crippen molar-refractivity contribution in [2.75, 3.05) is 7.05 Å². The maximum Gasteiger partial charge on any atom is 0.269 e. The number of nitrogens with zero attached hydrogens (tertiary/aromatic N) is 1. The Bertz CT molecular complexity index is 1250. The van der Waals surface area contributed by atoms with Gasteiger partial charge in [0.1, 0.15) is 16.2 Å². The molecule has 3 atom stereocenters. The number of aliphatic hydroxyl groups excluding tert-OH is 1. The molecule has 0 saturated heterocycles. The molecule has 0 radical (unpaired) electrons. The molecule has 4 aliphatic rings. The van der Waals surface area contributed by atoms with E-state index in [-0.39, 0.29) is 55.6 Å². The zero-order valence-electron chi connectivity index (χ0n) is 17.5. The van der Waals surface area contributed by atoms with E-state index >= 15 is 0 Å². The summed E-state index contributed by atoms with van der Waals surface area (Å²) in [4.78, 5) is 39.1. The van der Waals surface area contributed by atoms with E-state index in [1.54, 1.807) is 0 Å². The standard InChI is InChI=1S/C22H23NO6S/c1-9-8-11(10(2)14-18(9)30(28,29)23(5)20(14)27)16(24)15-17(25)12-6-7-13-21(3,4)22(12,13)19(15)26/h8,12-13,24H,6-7H2,1-5H3. The molecule has 1 spiro atoms. The minimum Gasteiger partial charge on any atom is -0.506 e. The number of rotatable bonds is 1. The quantitative estimate of drug-likeness (QED) is 0.417. The van der Waals surface area contributed by atoms with Gasteiger partial charge in [-0.15, -0.1) is 0 Å². The molecule has 3 fully saturated rings. The van der Waals surface area contributed by atoms with E-state index in [4.69, 9.17) is 0 Å². The Morgan fingerprint density at radius 2 is 1.80 bits per heavy atom. The molecule has 5 rings (SSSR count). The minimum absolute atomic E-state index is 0.0134. The first kappa shape index (κ1) is 19.5. The van der Waals surface area contributed by atoms with Gasteiger partial charge in [-0.05, 0) is 55.2 Å². The summed E-state index contributed by atoms with van der Waals surface area (Å²) >= 11 is 0. The van der Waals surface area contributed by atoms with Crippen LogP contribution >= 0.6 is 0 Å². The largest absolute Gasteiger partial charge is 0.506 e. The molecule has 30 heavy (non-hydrogen) atoms. The number of aliphatic hydroxyl groups is 1. The number of amides is 1. The lowest BCUT2D eigenvalue weighted by molar-refractivity contribution is -0.121. The predicted octanol–water partition coefficient (Wildman–Crippen LogP) is 2.55. The highest BCUT2D eigenvalue weighted by atomic mass is 32.2. The van der Waals surface area contributed by atoms with E-state index in [0.29, 0.717) is 10.7 Å². The molecule has 1 aromatic carbocycles. The second-order valence-electron chi connectivity index (χ2n) is 9.54. The Kier molecular flexibility index (Phi) is 3.39. The predicted molar refractivity (Wildman–Crippen MR) is 107 cm³/mol. The number of hydrogen-bond donors (Lipinski definition) is 1. The molecule has 3 unspecified atom stereocenters. The van der Waals surface area contributed by atoms with Crippen LogP contribution in [-0.4, -0.2) is 42.4 Å². The monoisotopic (exact) mass is 429 g/mol. The molecular weight excluding hydrogens is 406 g/mol. The first-order valence-electron chi connectivity index (χ1n) is 10.0. The number of hydrogen-bond acceptors (Lipinski definition) is 6. The Labute approximate surface area is 174 Å². The third-order valence-corrected chi connectivity index (χ3v) is 10.1. The summed E-state index contributed by atoms with van der Waals surface area (Å²) in [6.07, 6.45) is 1.47. The van der Waals surface area contributed by atoms with Crippen LogP contribution in [0.2, 0.25) is 0 Å². The molecule has 1 N–H and O–H groups in total. The second-order valence-corrected chi connectivity index (χ2v) is 11.4. The summed E-state index contributed by atoms with van der Waals surface area (Å²) in [5, 5.41) is 11.1. The summed E-state index contributed by atoms with van der Waals surface area (Å²) in [5.74, 6) is -2.05. The minimum atomic E-state index is -3.95. The van der Waals surface area contributed by atoms with Crippen molar-refractivity contribution in [1.29, 1.82) is 0 Å². The van der Waals surface area contributed by atoms with E-state index < -0.39 is 33.0 Å². The SMILES string of the molecule is Cc1cc(C(O)=C2C(=O)C3CCC4C(C)(C)C34C2=O)c(C)c2c1S(=O)(=O)N(C)C2=O. The average Bonchev–Trinajstić information content (AvgIpc) is 2.98.